The first-order valence-electron chi connectivity index (χ1n) is 6.35. The number of nitrogens with one attached hydrogen (secondary N) is 1. The smallest absolute Gasteiger partial charge is 0.0130 e. The molecule has 1 heteroatoms. The lowest BCUT2D eigenvalue weighted by Crippen LogP contribution is -2.44. The second kappa shape index (κ2) is 6.05. The summed E-state index contributed by atoms with van der Waals surface area (Å²) in [5, 5.41) is 3.68. The van der Waals surface area contributed by atoms with Crippen molar-refractivity contribution in [1.29, 1.82) is 0 Å². The highest BCUT2D eigenvalue weighted by Gasteiger charge is 2.18. The van der Waals surface area contributed by atoms with Crippen LogP contribution in [0.25, 0.3) is 0 Å². The Morgan fingerprint density at radius 3 is 2.38 bits per heavy atom. The first-order chi connectivity index (χ1) is 7.53. The molecule has 0 heterocycles. The molecule has 1 N–H and O–H groups in total. The van der Waals surface area contributed by atoms with Crippen LogP contribution in [-0.4, -0.2) is 11.6 Å². The van der Waals surface area contributed by atoms with Crippen molar-refractivity contribution in [3.05, 3.63) is 35.9 Å². The minimum absolute atomic E-state index is 0.227. The van der Waals surface area contributed by atoms with Crippen molar-refractivity contribution in [3.63, 3.8) is 0 Å². The monoisotopic (exact) mass is 219 g/mol. The van der Waals surface area contributed by atoms with Crippen molar-refractivity contribution in [2.45, 2.75) is 58.5 Å². The van der Waals surface area contributed by atoms with E-state index < -0.39 is 0 Å². The third-order valence-electron chi connectivity index (χ3n) is 3.13. The zero-order chi connectivity index (χ0) is 12.0. The summed E-state index contributed by atoms with van der Waals surface area (Å²) in [6, 6.07) is 11.3. The van der Waals surface area contributed by atoms with Crippen LogP contribution in [0.4, 0.5) is 0 Å². The van der Waals surface area contributed by atoms with E-state index in [4.69, 9.17) is 0 Å². The third-order valence-corrected chi connectivity index (χ3v) is 3.13. The molecule has 0 aliphatic heterocycles. The largest absolute Gasteiger partial charge is 0.309 e. The summed E-state index contributed by atoms with van der Waals surface area (Å²) in [6.45, 7) is 9.07. The minimum Gasteiger partial charge on any atom is -0.309 e. The van der Waals surface area contributed by atoms with Gasteiger partial charge in [0.2, 0.25) is 0 Å². The lowest BCUT2D eigenvalue weighted by molar-refractivity contribution is 0.319. The highest BCUT2D eigenvalue weighted by Crippen LogP contribution is 2.14. The van der Waals surface area contributed by atoms with E-state index in [9.17, 15) is 0 Å². The van der Waals surface area contributed by atoms with Gasteiger partial charge in [-0.25, -0.2) is 0 Å². The van der Waals surface area contributed by atoms with Crippen molar-refractivity contribution in [3.8, 4) is 0 Å². The van der Waals surface area contributed by atoms with Gasteiger partial charge in [0.25, 0.3) is 0 Å². The molecular formula is C15H25N. The van der Waals surface area contributed by atoms with Crippen LogP contribution in [-0.2, 0) is 6.42 Å². The number of hydrogen-bond acceptors (Lipinski definition) is 1. The Balaban J connectivity index is 2.41. The van der Waals surface area contributed by atoms with Crippen LogP contribution in [0.3, 0.4) is 0 Å². The maximum atomic E-state index is 3.68. The van der Waals surface area contributed by atoms with Crippen molar-refractivity contribution in [2.75, 3.05) is 0 Å². The van der Waals surface area contributed by atoms with Gasteiger partial charge in [-0.1, -0.05) is 37.3 Å². The van der Waals surface area contributed by atoms with Gasteiger partial charge >= 0.3 is 0 Å². The summed E-state index contributed by atoms with van der Waals surface area (Å²) in [6.07, 6.45) is 3.52. The molecule has 0 bridgehead atoms. The molecule has 0 saturated carbocycles. The van der Waals surface area contributed by atoms with Gasteiger partial charge in [0, 0.05) is 11.6 Å². The van der Waals surface area contributed by atoms with E-state index >= 15 is 0 Å². The summed E-state index contributed by atoms with van der Waals surface area (Å²) < 4.78 is 0. The number of benzene rings is 1. The van der Waals surface area contributed by atoms with Crippen LogP contribution in [0.1, 0.15) is 46.1 Å². The molecule has 0 aromatic heterocycles. The van der Waals surface area contributed by atoms with Crippen LogP contribution in [0.5, 0.6) is 0 Å². The van der Waals surface area contributed by atoms with Crippen LogP contribution < -0.4 is 5.32 Å². The summed E-state index contributed by atoms with van der Waals surface area (Å²) in [7, 11) is 0. The van der Waals surface area contributed by atoms with E-state index in [1.807, 2.05) is 0 Å². The zero-order valence-corrected chi connectivity index (χ0v) is 11.1. The van der Waals surface area contributed by atoms with E-state index in [0.29, 0.717) is 6.04 Å². The summed E-state index contributed by atoms with van der Waals surface area (Å²) in [5.41, 5.74) is 1.66. The fourth-order valence-corrected chi connectivity index (χ4v) is 1.94. The van der Waals surface area contributed by atoms with Gasteiger partial charge in [-0.3, -0.25) is 0 Å². The molecule has 0 amide bonds. The molecule has 0 spiro atoms. The zero-order valence-electron chi connectivity index (χ0n) is 11.1. The summed E-state index contributed by atoms with van der Waals surface area (Å²) >= 11 is 0. The van der Waals surface area contributed by atoms with Crippen LogP contribution >= 0.6 is 0 Å². The first-order valence-corrected chi connectivity index (χ1v) is 6.35. The van der Waals surface area contributed by atoms with Gasteiger partial charge in [0.05, 0.1) is 0 Å². The van der Waals surface area contributed by atoms with Crippen molar-refractivity contribution < 1.29 is 0 Å². The molecule has 0 saturated heterocycles. The van der Waals surface area contributed by atoms with Gasteiger partial charge in [0.15, 0.2) is 0 Å². The Kier molecular flexibility index (Phi) is 5.01. The third kappa shape index (κ3) is 4.80. The molecule has 1 atom stereocenters. The average molecular weight is 219 g/mol. The van der Waals surface area contributed by atoms with Crippen molar-refractivity contribution >= 4 is 0 Å². The Morgan fingerprint density at radius 2 is 1.81 bits per heavy atom. The maximum Gasteiger partial charge on any atom is 0.0130 e. The first kappa shape index (κ1) is 13.2. The molecule has 1 unspecified atom stereocenters. The van der Waals surface area contributed by atoms with E-state index in [-0.39, 0.29) is 5.54 Å². The van der Waals surface area contributed by atoms with E-state index in [1.54, 1.807) is 0 Å². The maximum absolute atomic E-state index is 3.68. The predicted octanol–water partition coefficient (Wildman–Crippen LogP) is 3.79. The highest BCUT2D eigenvalue weighted by molar-refractivity contribution is 5.15. The number of aryl methyl sites for hydroxylation is 1. The topological polar surface area (TPSA) is 12.0 Å². The molecule has 1 nitrogen and oxygen atoms in total. The van der Waals surface area contributed by atoms with Crippen LogP contribution in [0.15, 0.2) is 30.3 Å². The van der Waals surface area contributed by atoms with Gasteiger partial charge in [-0.15, -0.1) is 0 Å². The van der Waals surface area contributed by atoms with Gasteiger partial charge in [-0.05, 0) is 45.6 Å². The lowest BCUT2D eigenvalue weighted by Gasteiger charge is -2.30. The standard InChI is InChI=1S/C15H25N/c1-5-13(2)16-15(3,4)12-11-14-9-7-6-8-10-14/h6-10,13,16H,5,11-12H2,1-4H3. The van der Waals surface area contributed by atoms with Crippen molar-refractivity contribution in [2.24, 2.45) is 0 Å². The van der Waals surface area contributed by atoms with E-state index in [0.717, 1.165) is 6.42 Å². The van der Waals surface area contributed by atoms with E-state index in [2.05, 4.69) is 63.3 Å². The normalized spacial score (nSPS) is 13.8. The molecule has 1 aromatic carbocycles. The molecule has 0 fully saturated rings. The minimum atomic E-state index is 0.227. The molecule has 90 valence electrons. The molecule has 0 aliphatic carbocycles. The lowest BCUT2D eigenvalue weighted by atomic mass is 9.94. The Morgan fingerprint density at radius 1 is 1.19 bits per heavy atom. The second-order valence-corrected chi connectivity index (χ2v) is 5.32. The Hall–Kier alpha value is -0.820. The molecule has 0 aliphatic rings. The quantitative estimate of drug-likeness (QED) is 0.767. The predicted molar refractivity (Wildman–Crippen MR) is 71.7 cm³/mol. The SMILES string of the molecule is CCC(C)NC(C)(C)CCc1ccccc1. The molecule has 16 heavy (non-hydrogen) atoms. The van der Waals surface area contributed by atoms with Gasteiger partial charge < -0.3 is 5.32 Å². The van der Waals surface area contributed by atoms with Crippen LogP contribution in [0, 0.1) is 0 Å². The highest BCUT2D eigenvalue weighted by atomic mass is 15.0. The van der Waals surface area contributed by atoms with E-state index in [1.165, 1.54) is 18.4 Å². The van der Waals surface area contributed by atoms with Gasteiger partial charge in [-0.2, -0.15) is 0 Å². The Labute approximate surface area is 100 Å². The number of hydrogen-bond donors (Lipinski definition) is 1. The molecule has 1 aromatic rings. The molecule has 1 rings (SSSR count). The number of rotatable bonds is 6. The molecule has 0 radical (unpaired) electrons. The molecular weight excluding hydrogens is 194 g/mol. The summed E-state index contributed by atoms with van der Waals surface area (Å²) in [4.78, 5) is 0. The van der Waals surface area contributed by atoms with Gasteiger partial charge in [0.1, 0.15) is 0 Å². The fraction of sp³-hybridized carbons (Fsp3) is 0.600. The second-order valence-electron chi connectivity index (χ2n) is 5.32. The Bertz CT molecular complexity index is 290. The summed E-state index contributed by atoms with van der Waals surface area (Å²) in [5.74, 6) is 0. The van der Waals surface area contributed by atoms with Crippen LogP contribution in [0.2, 0.25) is 0 Å². The fourth-order valence-electron chi connectivity index (χ4n) is 1.94. The average Bonchev–Trinajstić information content (AvgIpc) is 2.27. The van der Waals surface area contributed by atoms with Crippen molar-refractivity contribution in [1.82, 2.24) is 5.32 Å².